The molecule has 0 aromatic rings. The van der Waals surface area contributed by atoms with E-state index in [1.807, 2.05) is 0 Å². The fraction of sp³-hybridized carbons (Fsp3) is 1.00. The van der Waals surface area contributed by atoms with Crippen LogP contribution in [0.1, 0.15) is 38.5 Å². The molecular formula is C8H17FO6S2. The first-order valence-electron chi connectivity index (χ1n) is 5.25. The van der Waals surface area contributed by atoms with Gasteiger partial charge in [0.15, 0.2) is 0 Å². The van der Waals surface area contributed by atoms with Crippen molar-refractivity contribution in [2.24, 2.45) is 0 Å². The maximum atomic E-state index is 11.4. The number of halogens is 1. The van der Waals surface area contributed by atoms with Gasteiger partial charge in [-0.1, -0.05) is 30.1 Å². The summed E-state index contributed by atoms with van der Waals surface area (Å²) in [5.41, 5.74) is 0. The van der Waals surface area contributed by atoms with Crippen LogP contribution in [-0.4, -0.2) is 32.9 Å². The Labute approximate surface area is 101 Å². The lowest BCUT2D eigenvalue weighted by molar-refractivity contribution is 0.00288. The SMILES string of the molecule is O=S(=O)(O)CCCCCCCCS(=O)(=O)OF. The van der Waals surface area contributed by atoms with E-state index < -0.39 is 20.2 Å². The van der Waals surface area contributed by atoms with Crippen molar-refractivity contribution in [1.29, 1.82) is 0 Å². The molecule has 0 unspecified atom stereocenters. The van der Waals surface area contributed by atoms with Crippen molar-refractivity contribution >= 4 is 20.2 Å². The lowest BCUT2D eigenvalue weighted by atomic mass is 10.1. The zero-order chi connectivity index (χ0) is 13.4. The van der Waals surface area contributed by atoms with E-state index in [1.54, 1.807) is 0 Å². The first kappa shape index (κ1) is 16.8. The number of rotatable bonds is 10. The molecule has 1 N–H and O–H groups in total. The highest BCUT2D eigenvalue weighted by Gasteiger charge is 2.10. The first-order valence-corrected chi connectivity index (χ1v) is 8.43. The van der Waals surface area contributed by atoms with Gasteiger partial charge in [0.05, 0.1) is 11.5 Å². The van der Waals surface area contributed by atoms with Gasteiger partial charge in [-0.2, -0.15) is 16.8 Å². The molecule has 6 nitrogen and oxygen atoms in total. The second-order valence-electron chi connectivity index (χ2n) is 3.73. The molecule has 0 saturated heterocycles. The summed E-state index contributed by atoms with van der Waals surface area (Å²) in [7, 11) is -7.90. The second kappa shape index (κ2) is 7.96. The van der Waals surface area contributed by atoms with Crippen molar-refractivity contribution in [2.75, 3.05) is 11.5 Å². The van der Waals surface area contributed by atoms with E-state index in [0.29, 0.717) is 25.7 Å². The molecule has 0 aliphatic rings. The average Bonchev–Trinajstić information content (AvgIpc) is 2.20. The Morgan fingerprint density at radius 3 is 1.65 bits per heavy atom. The van der Waals surface area contributed by atoms with Gasteiger partial charge in [0.2, 0.25) is 0 Å². The average molecular weight is 292 g/mol. The number of unbranched alkanes of at least 4 members (excludes halogenated alkanes) is 5. The molecule has 104 valence electrons. The van der Waals surface area contributed by atoms with E-state index in [0.717, 1.165) is 12.8 Å². The predicted molar refractivity (Wildman–Crippen MR) is 60.1 cm³/mol. The summed E-state index contributed by atoms with van der Waals surface area (Å²) in [5.74, 6) is -0.606. The van der Waals surface area contributed by atoms with E-state index in [9.17, 15) is 21.4 Å². The van der Waals surface area contributed by atoms with Gasteiger partial charge in [0.25, 0.3) is 20.2 Å². The highest BCUT2D eigenvalue weighted by Crippen LogP contribution is 2.08. The molecule has 17 heavy (non-hydrogen) atoms. The Balaban J connectivity index is 3.37. The zero-order valence-corrected chi connectivity index (χ0v) is 11.0. The molecule has 0 atom stereocenters. The smallest absolute Gasteiger partial charge is 0.286 e. The van der Waals surface area contributed by atoms with Crippen LogP contribution in [0.4, 0.5) is 4.53 Å². The Bertz CT molecular complexity index is 388. The molecule has 0 saturated carbocycles. The van der Waals surface area contributed by atoms with Gasteiger partial charge in [0, 0.05) is 0 Å². The highest BCUT2D eigenvalue weighted by atomic mass is 32.2. The molecule has 0 heterocycles. The highest BCUT2D eigenvalue weighted by molar-refractivity contribution is 7.86. The van der Waals surface area contributed by atoms with Crippen molar-refractivity contribution < 1.29 is 30.3 Å². The molecule has 0 aliphatic carbocycles. The van der Waals surface area contributed by atoms with E-state index >= 15 is 0 Å². The van der Waals surface area contributed by atoms with E-state index in [-0.39, 0.29) is 11.5 Å². The zero-order valence-electron chi connectivity index (χ0n) is 9.34. The molecule has 9 heteroatoms. The Hall–Kier alpha value is -0.250. The van der Waals surface area contributed by atoms with Gasteiger partial charge in [-0.05, 0) is 17.4 Å². The van der Waals surface area contributed by atoms with Crippen molar-refractivity contribution in [3.05, 3.63) is 0 Å². The third-order valence-electron chi connectivity index (χ3n) is 2.14. The Kier molecular flexibility index (Phi) is 7.84. The predicted octanol–water partition coefficient (Wildman–Crippen LogP) is 1.45. The van der Waals surface area contributed by atoms with Crippen molar-refractivity contribution in [2.45, 2.75) is 38.5 Å². The minimum absolute atomic E-state index is 0.253. The minimum Gasteiger partial charge on any atom is -0.286 e. The summed E-state index contributed by atoms with van der Waals surface area (Å²) in [6.07, 6.45) is 3.41. The molecule has 0 aromatic carbocycles. The Morgan fingerprint density at radius 2 is 1.24 bits per heavy atom. The number of hydrogen-bond donors (Lipinski definition) is 1. The maximum absolute atomic E-state index is 11.4. The van der Waals surface area contributed by atoms with Crippen LogP contribution in [0.15, 0.2) is 0 Å². The van der Waals surface area contributed by atoms with Crippen LogP contribution in [0.2, 0.25) is 0 Å². The van der Waals surface area contributed by atoms with Gasteiger partial charge in [0.1, 0.15) is 0 Å². The molecule has 0 aliphatic heterocycles. The minimum atomic E-state index is -4.02. The fourth-order valence-corrected chi connectivity index (χ4v) is 2.49. The fourth-order valence-electron chi connectivity index (χ4n) is 1.30. The molecule has 0 fully saturated rings. The van der Waals surface area contributed by atoms with Gasteiger partial charge in [-0.15, -0.1) is 0 Å². The van der Waals surface area contributed by atoms with Crippen molar-refractivity contribution in [3.8, 4) is 0 Å². The maximum Gasteiger partial charge on any atom is 0.297 e. The molecular weight excluding hydrogens is 275 g/mol. The first-order chi connectivity index (χ1) is 7.77. The molecule has 0 bridgehead atoms. The summed E-state index contributed by atoms with van der Waals surface area (Å²) < 4.78 is 64.4. The van der Waals surface area contributed by atoms with E-state index in [2.05, 4.69) is 4.39 Å². The van der Waals surface area contributed by atoms with Gasteiger partial charge < -0.3 is 0 Å². The van der Waals surface area contributed by atoms with Crippen LogP contribution in [0, 0.1) is 0 Å². The summed E-state index contributed by atoms with van der Waals surface area (Å²) in [4.78, 5) is 0. The van der Waals surface area contributed by atoms with Crippen LogP contribution in [0.5, 0.6) is 0 Å². The van der Waals surface area contributed by atoms with Crippen molar-refractivity contribution in [3.63, 3.8) is 0 Å². The van der Waals surface area contributed by atoms with Crippen LogP contribution in [-0.2, 0) is 24.6 Å². The quantitative estimate of drug-likeness (QED) is 0.483. The summed E-state index contributed by atoms with van der Waals surface area (Å²) in [6, 6.07) is 0. The van der Waals surface area contributed by atoms with E-state index in [1.165, 1.54) is 0 Å². The summed E-state index contributed by atoms with van der Waals surface area (Å²) in [5, 5.41) is 0. The third-order valence-corrected chi connectivity index (χ3v) is 3.93. The largest absolute Gasteiger partial charge is 0.297 e. The third kappa shape index (κ3) is 12.0. The van der Waals surface area contributed by atoms with Gasteiger partial charge in [-0.3, -0.25) is 4.55 Å². The van der Waals surface area contributed by atoms with Crippen LogP contribution < -0.4 is 0 Å². The van der Waals surface area contributed by atoms with Crippen molar-refractivity contribution in [1.82, 2.24) is 0 Å². The standard InChI is InChI=1S/C8H17FO6S2/c9-15-17(13,14)8-6-4-2-1-3-5-7-16(10,11)12/h1-8H2,(H,10,11,12). The van der Waals surface area contributed by atoms with Gasteiger partial charge >= 0.3 is 0 Å². The summed E-state index contributed by atoms with van der Waals surface area (Å²) >= 11 is 0. The monoisotopic (exact) mass is 292 g/mol. The number of hydrogen-bond acceptors (Lipinski definition) is 5. The topological polar surface area (TPSA) is 97.7 Å². The van der Waals surface area contributed by atoms with Gasteiger partial charge in [-0.25, -0.2) is 0 Å². The molecule has 0 spiro atoms. The second-order valence-corrected chi connectivity index (χ2v) is 6.95. The van der Waals surface area contributed by atoms with E-state index in [4.69, 9.17) is 4.55 Å². The molecule has 0 rings (SSSR count). The van der Waals surface area contributed by atoms with Crippen LogP contribution in [0.3, 0.4) is 0 Å². The summed E-state index contributed by atoms with van der Waals surface area (Å²) in [6.45, 7) is 0. The van der Waals surface area contributed by atoms with Crippen LogP contribution >= 0.6 is 0 Å². The molecule has 0 aromatic heterocycles. The normalized spacial score (nSPS) is 12.8. The van der Waals surface area contributed by atoms with Crippen LogP contribution in [0.25, 0.3) is 0 Å². The lowest BCUT2D eigenvalue weighted by Gasteiger charge is -2.00. The molecule has 0 amide bonds. The molecule has 0 radical (unpaired) electrons. The Morgan fingerprint density at radius 1 is 0.824 bits per heavy atom. The lowest BCUT2D eigenvalue weighted by Crippen LogP contribution is -2.05.